The minimum atomic E-state index is -0.0130. The molecule has 2 amide bonds. The van der Waals surface area contributed by atoms with Crippen molar-refractivity contribution in [2.24, 2.45) is 7.05 Å². The van der Waals surface area contributed by atoms with E-state index in [0.29, 0.717) is 6.54 Å². The quantitative estimate of drug-likeness (QED) is 0.941. The Morgan fingerprint density at radius 3 is 3.14 bits per heavy atom. The number of aryl methyl sites for hydroxylation is 2. The van der Waals surface area contributed by atoms with Gasteiger partial charge in [0.05, 0.1) is 12.6 Å². The van der Waals surface area contributed by atoms with Gasteiger partial charge >= 0.3 is 6.03 Å². The van der Waals surface area contributed by atoms with Gasteiger partial charge in [-0.05, 0) is 36.3 Å². The molecule has 118 valence electrons. The average Bonchev–Trinajstić information content (AvgIpc) is 3.24. The summed E-state index contributed by atoms with van der Waals surface area (Å²) in [5.41, 5.74) is 1.32. The number of hydrogen-bond acceptors (Lipinski definition) is 4. The molecule has 7 heteroatoms. The van der Waals surface area contributed by atoms with Crippen molar-refractivity contribution < 1.29 is 4.79 Å². The fourth-order valence-corrected chi connectivity index (χ4v) is 3.88. The summed E-state index contributed by atoms with van der Waals surface area (Å²) in [6.07, 6.45) is 4.63. The number of nitrogens with zero attached hydrogens (tertiary/aromatic N) is 4. The van der Waals surface area contributed by atoms with Gasteiger partial charge in [-0.2, -0.15) is 0 Å². The normalized spacial score (nSPS) is 17.9. The van der Waals surface area contributed by atoms with Crippen LogP contribution in [0.4, 0.5) is 4.79 Å². The number of thiophene rings is 1. The van der Waals surface area contributed by atoms with E-state index in [2.05, 4.69) is 33.9 Å². The molecule has 3 heterocycles. The van der Waals surface area contributed by atoms with E-state index in [0.717, 1.165) is 31.6 Å². The fraction of sp³-hybridized carbons (Fsp3) is 0.533. The van der Waals surface area contributed by atoms with Crippen molar-refractivity contribution >= 4 is 17.4 Å². The molecule has 0 saturated carbocycles. The zero-order valence-electron chi connectivity index (χ0n) is 13.0. The van der Waals surface area contributed by atoms with Gasteiger partial charge < -0.3 is 14.8 Å². The Bertz CT molecular complexity index is 650. The third-order valence-corrected chi connectivity index (χ3v) is 5.14. The van der Waals surface area contributed by atoms with Crippen LogP contribution in [0.5, 0.6) is 0 Å². The summed E-state index contributed by atoms with van der Waals surface area (Å²) in [6, 6.07) is 2.15. The molecule has 0 aliphatic carbocycles. The second kappa shape index (κ2) is 6.48. The maximum atomic E-state index is 12.5. The van der Waals surface area contributed by atoms with Crippen LogP contribution in [-0.2, 0) is 20.0 Å². The first-order valence-corrected chi connectivity index (χ1v) is 8.52. The highest BCUT2D eigenvalue weighted by atomic mass is 32.1. The second-order valence-corrected chi connectivity index (χ2v) is 6.53. The van der Waals surface area contributed by atoms with Crippen LogP contribution in [0.2, 0.25) is 0 Å². The van der Waals surface area contributed by atoms with Gasteiger partial charge in [0.2, 0.25) is 0 Å². The lowest BCUT2D eigenvalue weighted by atomic mass is 10.2. The number of carbonyl (C=O) groups is 1. The maximum absolute atomic E-state index is 12.5. The number of carbonyl (C=O) groups excluding carboxylic acids is 1. The van der Waals surface area contributed by atoms with E-state index in [1.54, 1.807) is 17.7 Å². The summed E-state index contributed by atoms with van der Waals surface area (Å²) in [4.78, 5) is 15.6. The molecule has 0 bridgehead atoms. The standard InChI is InChI=1S/C15H21N5OS/c1-3-11-6-8-22-13(11)9-16-15(21)20-7-4-5-12(20)14-18-17-10-19(14)2/h6,8,10,12H,3-5,7,9H2,1-2H3,(H,16,21). The maximum Gasteiger partial charge on any atom is 0.318 e. The second-order valence-electron chi connectivity index (χ2n) is 5.53. The summed E-state index contributed by atoms with van der Waals surface area (Å²) in [6.45, 7) is 3.51. The van der Waals surface area contributed by atoms with Crippen molar-refractivity contribution in [1.82, 2.24) is 25.0 Å². The average molecular weight is 319 g/mol. The fourth-order valence-electron chi connectivity index (χ4n) is 2.97. The van der Waals surface area contributed by atoms with Crippen LogP contribution in [0.3, 0.4) is 0 Å². The summed E-state index contributed by atoms with van der Waals surface area (Å²) in [5, 5.41) is 13.2. The van der Waals surface area contributed by atoms with Crippen molar-refractivity contribution in [1.29, 1.82) is 0 Å². The zero-order valence-corrected chi connectivity index (χ0v) is 13.8. The third-order valence-electron chi connectivity index (χ3n) is 4.18. The van der Waals surface area contributed by atoms with Gasteiger partial charge in [0.1, 0.15) is 6.33 Å². The minimum absolute atomic E-state index is 0.0130. The van der Waals surface area contributed by atoms with E-state index in [1.165, 1.54) is 10.4 Å². The van der Waals surface area contributed by atoms with Crippen LogP contribution < -0.4 is 5.32 Å². The van der Waals surface area contributed by atoms with Crippen LogP contribution in [-0.4, -0.2) is 32.2 Å². The monoisotopic (exact) mass is 319 g/mol. The summed E-state index contributed by atoms with van der Waals surface area (Å²) in [5.74, 6) is 0.859. The highest BCUT2D eigenvalue weighted by Gasteiger charge is 2.32. The molecule has 1 unspecified atom stereocenters. The number of amides is 2. The molecule has 0 spiro atoms. The first kappa shape index (κ1) is 15.0. The van der Waals surface area contributed by atoms with E-state index in [1.807, 2.05) is 16.5 Å². The Balaban J connectivity index is 1.65. The molecule has 1 aliphatic rings. The Morgan fingerprint density at radius 2 is 2.41 bits per heavy atom. The molecule has 2 aromatic heterocycles. The number of hydrogen-bond donors (Lipinski definition) is 1. The molecule has 2 aromatic rings. The van der Waals surface area contributed by atoms with Crippen LogP contribution in [0.15, 0.2) is 17.8 Å². The first-order chi connectivity index (χ1) is 10.7. The third kappa shape index (κ3) is 2.85. The zero-order chi connectivity index (χ0) is 15.5. The molecule has 1 atom stereocenters. The number of aromatic nitrogens is 3. The van der Waals surface area contributed by atoms with E-state index in [9.17, 15) is 4.79 Å². The Hall–Kier alpha value is -1.89. The molecule has 1 fully saturated rings. The largest absolute Gasteiger partial charge is 0.333 e. The lowest BCUT2D eigenvalue weighted by Crippen LogP contribution is -2.39. The number of urea groups is 1. The lowest BCUT2D eigenvalue weighted by molar-refractivity contribution is 0.189. The van der Waals surface area contributed by atoms with Gasteiger partial charge in [-0.1, -0.05) is 6.92 Å². The molecule has 0 aromatic carbocycles. The van der Waals surface area contributed by atoms with Gasteiger partial charge in [-0.25, -0.2) is 4.79 Å². The highest BCUT2D eigenvalue weighted by Crippen LogP contribution is 2.30. The Kier molecular flexibility index (Phi) is 4.42. The van der Waals surface area contributed by atoms with Crippen LogP contribution in [0, 0.1) is 0 Å². The van der Waals surface area contributed by atoms with Gasteiger partial charge in [-0.15, -0.1) is 21.5 Å². The van der Waals surface area contributed by atoms with Crippen LogP contribution >= 0.6 is 11.3 Å². The number of likely N-dealkylation sites (tertiary alicyclic amines) is 1. The van der Waals surface area contributed by atoms with Gasteiger partial charge in [0.25, 0.3) is 0 Å². The van der Waals surface area contributed by atoms with Gasteiger partial charge in [0.15, 0.2) is 5.82 Å². The number of rotatable bonds is 4. The summed E-state index contributed by atoms with van der Waals surface area (Å²) in [7, 11) is 1.92. The molecule has 6 nitrogen and oxygen atoms in total. The Labute approximate surface area is 134 Å². The van der Waals surface area contributed by atoms with Crippen LogP contribution in [0.25, 0.3) is 0 Å². The molecule has 1 saturated heterocycles. The van der Waals surface area contributed by atoms with Crippen molar-refractivity contribution in [3.63, 3.8) is 0 Å². The van der Waals surface area contributed by atoms with Crippen molar-refractivity contribution in [2.75, 3.05) is 6.54 Å². The minimum Gasteiger partial charge on any atom is -0.333 e. The van der Waals surface area contributed by atoms with Crippen molar-refractivity contribution in [3.8, 4) is 0 Å². The molecular weight excluding hydrogens is 298 g/mol. The smallest absolute Gasteiger partial charge is 0.318 e. The molecule has 1 aliphatic heterocycles. The van der Waals surface area contributed by atoms with Gasteiger partial charge in [-0.3, -0.25) is 0 Å². The molecule has 1 N–H and O–H groups in total. The Morgan fingerprint density at radius 1 is 1.55 bits per heavy atom. The summed E-state index contributed by atoms with van der Waals surface area (Å²) >= 11 is 1.70. The van der Waals surface area contributed by atoms with E-state index < -0.39 is 0 Å². The van der Waals surface area contributed by atoms with Gasteiger partial charge in [0, 0.05) is 18.5 Å². The molecule has 3 rings (SSSR count). The highest BCUT2D eigenvalue weighted by molar-refractivity contribution is 7.10. The van der Waals surface area contributed by atoms with E-state index >= 15 is 0 Å². The van der Waals surface area contributed by atoms with Crippen molar-refractivity contribution in [3.05, 3.63) is 34.0 Å². The predicted octanol–water partition coefficient (Wildman–Crippen LogP) is 2.49. The molecule has 0 radical (unpaired) electrons. The predicted molar refractivity (Wildman–Crippen MR) is 85.6 cm³/mol. The molecular formula is C15H21N5OS. The SMILES string of the molecule is CCc1ccsc1CNC(=O)N1CCCC1c1nncn1C. The van der Waals surface area contributed by atoms with Crippen LogP contribution in [0.1, 0.15) is 42.1 Å². The number of nitrogens with one attached hydrogen (secondary N) is 1. The summed E-state index contributed by atoms with van der Waals surface area (Å²) < 4.78 is 1.89. The topological polar surface area (TPSA) is 63.1 Å². The lowest BCUT2D eigenvalue weighted by Gasteiger charge is -2.24. The van der Waals surface area contributed by atoms with E-state index in [-0.39, 0.29) is 12.1 Å². The first-order valence-electron chi connectivity index (χ1n) is 7.64. The van der Waals surface area contributed by atoms with E-state index in [4.69, 9.17) is 0 Å². The van der Waals surface area contributed by atoms with Crippen molar-refractivity contribution in [2.45, 2.75) is 38.8 Å². The molecule has 22 heavy (non-hydrogen) atoms.